The predicted molar refractivity (Wildman–Crippen MR) is 82.1 cm³/mol. The van der Waals surface area contributed by atoms with Gasteiger partial charge in [-0.05, 0) is 43.4 Å². The zero-order chi connectivity index (χ0) is 14.7. The van der Waals surface area contributed by atoms with Crippen molar-refractivity contribution < 1.29 is 10.2 Å². The molecule has 0 saturated heterocycles. The largest absolute Gasteiger partial charge is 0.396 e. The molecule has 0 heterocycles. The van der Waals surface area contributed by atoms with Gasteiger partial charge in [-0.25, -0.2) is 0 Å². The van der Waals surface area contributed by atoms with E-state index in [0.29, 0.717) is 33.9 Å². The van der Waals surface area contributed by atoms with Crippen molar-refractivity contribution in [3.05, 3.63) is 27.7 Å². The van der Waals surface area contributed by atoms with E-state index in [9.17, 15) is 10.2 Å². The Kier molecular flexibility index (Phi) is 5.52. The van der Waals surface area contributed by atoms with Gasteiger partial charge >= 0.3 is 0 Å². The van der Waals surface area contributed by atoms with E-state index in [-0.39, 0.29) is 6.10 Å². The van der Waals surface area contributed by atoms with E-state index in [1.54, 1.807) is 12.1 Å². The van der Waals surface area contributed by atoms with Crippen LogP contribution >= 0.6 is 23.2 Å². The van der Waals surface area contributed by atoms with Gasteiger partial charge < -0.3 is 21.3 Å². The van der Waals surface area contributed by atoms with Gasteiger partial charge in [-0.3, -0.25) is 0 Å². The molecule has 20 heavy (non-hydrogen) atoms. The van der Waals surface area contributed by atoms with Crippen molar-refractivity contribution in [2.24, 2.45) is 0 Å². The molecule has 5 N–H and O–H groups in total. The van der Waals surface area contributed by atoms with Crippen molar-refractivity contribution in [1.29, 1.82) is 0 Å². The Morgan fingerprint density at radius 3 is 2.30 bits per heavy atom. The Morgan fingerprint density at radius 2 is 1.75 bits per heavy atom. The lowest BCUT2D eigenvalue weighted by Crippen LogP contribution is -2.36. The molecule has 1 aromatic rings. The predicted octanol–water partition coefficient (Wildman–Crippen LogP) is 2.50. The quantitative estimate of drug-likeness (QED) is 0.643. The second kappa shape index (κ2) is 6.96. The number of nitrogen functional groups attached to an aromatic ring is 1. The fraction of sp³-hybridized carbons (Fsp3) is 0.571. The number of aliphatic hydroxyl groups is 2. The standard InChI is InChI=1S/C14H20Cl2N2O2/c15-11-5-8(6-12(16)14(11)17)13(20)7-18-9-1-3-10(19)4-2-9/h5-6,9-10,13,18-20H,1-4,7,17H2/t9?,10?,13-/m1/s1. The molecule has 2 rings (SSSR count). The Labute approximate surface area is 128 Å². The monoisotopic (exact) mass is 318 g/mol. The number of rotatable bonds is 4. The zero-order valence-corrected chi connectivity index (χ0v) is 12.7. The summed E-state index contributed by atoms with van der Waals surface area (Å²) < 4.78 is 0. The van der Waals surface area contributed by atoms with Crippen LogP contribution in [-0.2, 0) is 0 Å². The van der Waals surface area contributed by atoms with Crippen molar-refractivity contribution in [3.8, 4) is 0 Å². The summed E-state index contributed by atoms with van der Waals surface area (Å²) in [7, 11) is 0. The van der Waals surface area contributed by atoms with Gasteiger partial charge in [-0.2, -0.15) is 0 Å². The van der Waals surface area contributed by atoms with Gasteiger partial charge in [0.25, 0.3) is 0 Å². The second-order valence-corrected chi connectivity index (χ2v) is 6.14. The smallest absolute Gasteiger partial charge is 0.0915 e. The van der Waals surface area contributed by atoms with Crippen molar-refractivity contribution in [2.45, 2.75) is 43.9 Å². The first-order chi connectivity index (χ1) is 9.47. The number of nitrogens with one attached hydrogen (secondary N) is 1. The minimum atomic E-state index is -0.683. The number of nitrogens with two attached hydrogens (primary N) is 1. The van der Waals surface area contributed by atoms with Gasteiger partial charge in [0, 0.05) is 12.6 Å². The third-order valence-corrected chi connectivity index (χ3v) is 4.41. The summed E-state index contributed by atoms with van der Waals surface area (Å²) >= 11 is 11.9. The molecule has 1 aromatic carbocycles. The number of halogens is 2. The average Bonchev–Trinajstić information content (AvgIpc) is 2.43. The summed E-state index contributed by atoms with van der Waals surface area (Å²) in [5.41, 5.74) is 6.65. The van der Waals surface area contributed by atoms with E-state index in [0.717, 1.165) is 25.7 Å². The maximum Gasteiger partial charge on any atom is 0.0915 e. The van der Waals surface area contributed by atoms with Crippen LogP contribution in [0.3, 0.4) is 0 Å². The van der Waals surface area contributed by atoms with E-state index in [4.69, 9.17) is 28.9 Å². The molecule has 1 saturated carbocycles. The molecule has 0 unspecified atom stereocenters. The molecule has 6 heteroatoms. The molecule has 0 amide bonds. The van der Waals surface area contributed by atoms with E-state index in [1.807, 2.05) is 0 Å². The number of aliphatic hydroxyl groups excluding tert-OH is 2. The summed E-state index contributed by atoms with van der Waals surface area (Å²) in [6, 6.07) is 3.62. The van der Waals surface area contributed by atoms with Gasteiger partial charge in [-0.1, -0.05) is 23.2 Å². The van der Waals surface area contributed by atoms with Crippen LogP contribution in [0.2, 0.25) is 10.0 Å². The Bertz CT molecular complexity index is 439. The third-order valence-electron chi connectivity index (χ3n) is 3.78. The summed E-state index contributed by atoms with van der Waals surface area (Å²) in [4.78, 5) is 0. The van der Waals surface area contributed by atoms with Gasteiger partial charge in [-0.15, -0.1) is 0 Å². The molecule has 0 spiro atoms. The van der Waals surface area contributed by atoms with Crippen LogP contribution in [0.5, 0.6) is 0 Å². The highest BCUT2D eigenvalue weighted by molar-refractivity contribution is 6.38. The fourth-order valence-electron chi connectivity index (χ4n) is 2.47. The molecule has 0 radical (unpaired) electrons. The summed E-state index contributed by atoms with van der Waals surface area (Å²) in [5, 5.41) is 23.6. The van der Waals surface area contributed by atoms with Crippen LogP contribution in [-0.4, -0.2) is 28.9 Å². The van der Waals surface area contributed by atoms with Crippen LogP contribution in [0.25, 0.3) is 0 Å². The molecule has 0 aliphatic heterocycles. The highest BCUT2D eigenvalue weighted by Crippen LogP contribution is 2.31. The van der Waals surface area contributed by atoms with E-state index >= 15 is 0 Å². The molecule has 1 aliphatic carbocycles. The number of hydrogen-bond acceptors (Lipinski definition) is 4. The first-order valence-electron chi connectivity index (χ1n) is 6.81. The summed E-state index contributed by atoms with van der Waals surface area (Å²) in [5.74, 6) is 0. The summed E-state index contributed by atoms with van der Waals surface area (Å²) in [6.45, 7) is 0.428. The molecule has 1 atom stereocenters. The van der Waals surface area contributed by atoms with Crippen molar-refractivity contribution in [1.82, 2.24) is 5.32 Å². The summed E-state index contributed by atoms with van der Waals surface area (Å²) in [6.07, 6.45) is 2.62. The highest BCUT2D eigenvalue weighted by atomic mass is 35.5. The molecule has 1 aliphatic rings. The Morgan fingerprint density at radius 1 is 1.20 bits per heavy atom. The lowest BCUT2D eigenvalue weighted by Gasteiger charge is -2.27. The normalized spacial score (nSPS) is 24.6. The van der Waals surface area contributed by atoms with Gasteiger partial charge in [0.1, 0.15) is 0 Å². The molecule has 1 fully saturated rings. The first-order valence-corrected chi connectivity index (χ1v) is 7.57. The van der Waals surface area contributed by atoms with Gasteiger partial charge in [0.15, 0.2) is 0 Å². The maximum absolute atomic E-state index is 10.2. The van der Waals surface area contributed by atoms with Crippen molar-refractivity contribution >= 4 is 28.9 Å². The fourth-order valence-corrected chi connectivity index (χ4v) is 2.98. The minimum Gasteiger partial charge on any atom is -0.396 e. The Balaban J connectivity index is 1.90. The minimum absolute atomic E-state index is 0.173. The van der Waals surface area contributed by atoms with Crippen molar-refractivity contribution in [2.75, 3.05) is 12.3 Å². The van der Waals surface area contributed by atoms with Gasteiger partial charge in [0.2, 0.25) is 0 Å². The van der Waals surface area contributed by atoms with Gasteiger partial charge in [0.05, 0.1) is 27.9 Å². The second-order valence-electron chi connectivity index (χ2n) is 5.33. The van der Waals surface area contributed by atoms with Crippen LogP contribution in [0, 0.1) is 0 Å². The van der Waals surface area contributed by atoms with Crippen LogP contribution < -0.4 is 11.1 Å². The molecule has 112 valence electrons. The van der Waals surface area contributed by atoms with Crippen LogP contribution in [0.1, 0.15) is 37.4 Å². The Hall–Kier alpha value is -0.520. The molecule has 4 nitrogen and oxygen atoms in total. The van der Waals surface area contributed by atoms with E-state index < -0.39 is 6.10 Å². The molecular formula is C14H20Cl2N2O2. The van der Waals surface area contributed by atoms with Crippen LogP contribution in [0.4, 0.5) is 5.69 Å². The lowest BCUT2D eigenvalue weighted by molar-refractivity contribution is 0.109. The lowest BCUT2D eigenvalue weighted by atomic mass is 9.93. The van der Waals surface area contributed by atoms with Crippen LogP contribution in [0.15, 0.2) is 12.1 Å². The van der Waals surface area contributed by atoms with E-state index in [2.05, 4.69) is 5.32 Å². The highest BCUT2D eigenvalue weighted by Gasteiger charge is 2.20. The van der Waals surface area contributed by atoms with E-state index in [1.165, 1.54) is 0 Å². The number of benzene rings is 1. The first kappa shape index (κ1) is 15.9. The SMILES string of the molecule is Nc1c(Cl)cc([C@H](O)CNC2CCC(O)CC2)cc1Cl. The zero-order valence-electron chi connectivity index (χ0n) is 11.1. The number of anilines is 1. The molecule has 0 bridgehead atoms. The van der Waals surface area contributed by atoms with Crippen molar-refractivity contribution in [3.63, 3.8) is 0 Å². The topological polar surface area (TPSA) is 78.5 Å². The number of hydrogen-bond donors (Lipinski definition) is 4. The molecular weight excluding hydrogens is 299 g/mol. The third kappa shape index (κ3) is 3.99. The maximum atomic E-state index is 10.2. The average molecular weight is 319 g/mol. The molecule has 0 aromatic heterocycles.